The predicted octanol–water partition coefficient (Wildman–Crippen LogP) is 1.50. The number of aliphatic hydroxyl groups excluding tert-OH is 3. The van der Waals surface area contributed by atoms with Crippen LogP contribution in [0.25, 0.3) is 0 Å². The highest BCUT2D eigenvalue weighted by Gasteiger charge is 2.64. The summed E-state index contributed by atoms with van der Waals surface area (Å²) in [6.07, 6.45) is 3.23. The summed E-state index contributed by atoms with van der Waals surface area (Å²) in [4.78, 5) is 11.3. The van der Waals surface area contributed by atoms with Gasteiger partial charge in [-0.1, -0.05) is 27.2 Å². The van der Waals surface area contributed by atoms with Gasteiger partial charge in [-0.3, -0.25) is 0 Å². The van der Waals surface area contributed by atoms with Gasteiger partial charge in [0.1, 0.15) is 0 Å². The summed E-state index contributed by atoms with van der Waals surface area (Å²) >= 11 is 0. The number of ether oxygens (including phenoxy) is 1. The van der Waals surface area contributed by atoms with Gasteiger partial charge in [0.2, 0.25) is 6.29 Å². The second-order valence-corrected chi connectivity index (χ2v) is 9.20. The van der Waals surface area contributed by atoms with Crippen molar-refractivity contribution in [1.29, 1.82) is 0 Å². The van der Waals surface area contributed by atoms with E-state index in [1.165, 1.54) is 6.08 Å². The fourth-order valence-corrected chi connectivity index (χ4v) is 6.25. The third-order valence-electron chi connectivity index (χ3n) is 7.67. The third-order valence-corrected chi connectivity index (χ3v) is 7.67. The van der Waals surface area contributed by atoms with Crippen molar-refractivity contribution in [2.45, 2.75) is 77.3 Å². The maximum atomic E-state index is 11.8. The Bertz CT molecular complexity index is 603. The van der Waals surface area contributed by atoms with Gasteiger partial charge >= 0.3 is 5.97 Å². The molecule has 2 saturated carbocycles. The lowest BCUT2D eigenvalue weighted by Crippen LogP contribution is -2.67. The first kappa shape index (κ1) is 19.8. The highest BCUT2D eigenvalue weighted by atomic mass is 16.6. The van der Waals surface area contributed by atoms with Gasteiger partial charge in [-0.15, -0.1) is 0 Å². The molecule has 0 aromatic rings. The Morgan fingerprint density at radius 3 is 2.54 bits per heavy atom. The number of carbonyl (C=O) groups is 1. The van der Waals surface area contributed by atoms with Crippen molar-refractivity contribution in [2.75, 3.05) is 6.61 Å². The molecule has 1 heterocycles. The maximum absolute atomic E-state index is 11.8. The predicted molar refractivity (Wildman–Crippen MR) is 94.8 cm³/mol. The molecule has 6 heteroatoms. The van der Waals surface area contributed by atoms with E-state index in [2.05, 4.69) is 0 Å². The third kappa shape index (κ3) is 2.82. The average Bonchev–Trinajstić information content (AvgIpc) is 2.88. The van der Waals surface area contributed by atoms with Gasteiger partial charge in [0, 0.05) is 29.6 Å². The fraction of sp³-hybridized carbons (Fsp3) is 0.850. The molecule has 3 aliphatic rings. The first-order chi connectivity index (χ1) is 12.1. The summed E-state index contributed by atoms with van der Waals surface area (Å²) in [6.45, 7) is 5.98. The van der Waals surface area contributed by atoms with Crippen molar-refractivity contribution in [3.05, 3.63) is 11.6 Å². The van der Waals surface area contributed by atoms with Crippen LogP contribution in [0.15, 0.2) is 11.6 Å². The number of rotatable bonds is 4. The van der Waals surface area contributed by atoms with E-state index in [1.807, 2.05) is 20.8 Å². The summed E-state index contributed by atoms with van der Waals surface area (Å²) in [5, 5.41) is 42.5. The largest absolute Gasteiger partial charge is 0.429 e. The molecule has 0 unspecified atom stereocenters. The molecule has 1 aliphatic heterocycles. The first-order valence-corrected chi connectivity index (χ1v) is 9.68. The first-order valence-electron chi connectivity index (χ1n) is 9.68. The van der Waals surface area contributed by atoms with Crippen LogP contribution in [0.5, 0.6) is 0 Å². The van der Waals surface area contributed by atoms with E-state index < -0.39 is 34.8 Å². The van der Waals surface area contributed by atoms with Gasteiger partial charge in [0.25, 0.3) is 0 Å². The van der Waals surface area contributed by atoms with Crippen LogP contribution < -0.4 is 0 Å². The van der Waals surface area contributed by atoms with Crippen molar-refractivity contribution in [2.24, 2.45) is 22.7 Å². The molecule has 0 saturated heterocycles. The lowest BCUT2D eigenvalue weighted by molar-refractivity contribution is -0.251. The van der Waals surface area contributed by atoms with Crippen LogP contribution in [0.1, 0.15) is 59.3 Å². The molecule has 0 aromatic heterocycles. The van der Waals surface area contributed by atoms with Crippen LogP contribution >= 0.6 is 0 Å². The average molecular weight is 368 g/mol. The normalized spacial score (nSPS) is 48.7. The summed E-state index contributed by atoms with van der Waals surface area (Å²) in [5.41, 5.74) is -1.54. The minimum atomic E-state index is -1.23. The van der Waals surface area contributed by atoms with Crippen molar-refractivity contribution >= 4 is 5.97 Å². The van der Waals surface area contributed by atoms with E-state index in [0.717, 1.165) is 19.3 Å². The van der Waals surface area contributed by atoms with Crippen molar-refractivity contribution in [3.8, 4) is 0 Å². The standard InChI is InChI=1S/C20H32O6/c1-12-9-14(22)16-18(2,11-21)6-4-7-19(16,3)20(12,25)8-5-13-10-15(23)26-17(13)24/h10,12,14,16-17,21-22,24-25H,4-9,11H2,1-3H3/t12-,14-,16-,17+,18-,19-,20-/m1/s1. The van der Waals surface area contributed by atoms with E-state index in [4.69, 9.17) is 4.74 Å². The Kier molecular flexibility index (Phi) is 5.02. The van der Waals surface area contributed by atoms with E-state index in [9.17, 15) is 25.2 Å². The number of cyclic esters (lactones) is 1. The summed E-state index contributed by atoms with van der Waals surface area (Å²) < 4.78 is 4.74. The number of fused-ring (bicyclic) bond motifs is 1. The van der Waals surface area contributed by atoms with Gasteiger partial charge in [0.15, 0.2) is 0 Å². The molecular formula is C20H32O6. The molecule has 2 aliphatic carbocycles. The number of esters is 1. The molecule has 0 aromatic carbocycles. The molecule has 2 fully saturated rings. The molecule has 7 atom stereocenters. The van der Waals surface area contributed by atoms with Gasteiger partial charge in [-0.2, -0.15) is 0 Å². The lowest BCUT2D eigenvalue weighted by Gasteiger charge is -2.64. The Morgan fingerprint density at radius 1 is 1.27 bits per heavy atom. The van der Waals surface area contributed by atoms with Crippen LogP contribution in [-0.2, 0) is 9.53 Å². The zero-order valence-corrected chi connectivity index (χ0v) is 15.9. The fourth-order valence-electron chi connectivity index (χ4n) is 6.25. The highest BCUT2D eigenvalue weighted by molar-refractivity contribution is 5.85. The van der Waals surface area contributed by atoms with E-state index >= 15 is 0 Å². The SMILES string of the molecule is C[C@@H]1C[C@@H](O)[C@@H]2[C@@](C)(CO)CCC[C@@]2(C)[C@@]1(O)CCC1=CC(=O)O[C@@H]1O. The van der Waals surface area contributed by atoms with Crippen LogP contribution in [0, 0.1) is 22.7 Å². The molecule has 4 N–H and O–H groups in total. The Morgan fingerprint density at radius 2 is 1.96 bits per heavy atom. The van der Waals surface area contributed by atoms with Gasteiger partial charge in [-0.05, 0) is 43.4 Å². The van der Waals surface area contributed by atoms with Crippen molar-refractivity contribution < 1.29 is 30.0 Å². The highest BCUT2D eigenvalue weighted by Crippen LogP contribution is 2.63. The number of carbonyl (C=O) groups excluding carboxylic acids is 1. The van der Waals surface area contributed by atoms with Gasteiger partial charge in [-0.25, -0.2) is 4.79 Å². The molecule has 148 valence electrons. The minimum Gasteiger partial charge on any atom is -0.429 e. The van der Waals surface area contributed by atoms with E-state index in [0.29, 0.717) is 24.8 Å². The lowest BCUT2D eigenvalue weighted by atomic mass is 9.43. The van der Waals surface area contributed by atoms with Crippen molar-refractivity contribution in [3.63, 3.8) is 0 Å². The minimum absolute atomic E-state index is 0.0129. The quantitative estimate of drug-likeness (QED) is 0.560. The van der Waals surface area contributed by atoms with Gasteiger partial charge < -0.3 is 25.2 Å². The molecule has 26 heavy (non-hydrogen) atoms. The molecular weight excluding hydrogens is 336 g/mol. The molecule has 0 radical (unpaired) electrons. The maximum Gasteiger partial charge on any atom is 0.333 e. The van der Waals surface area contributed by atoms with Crippen LogP contribution in [-0.4, -0.2) is 51.0 Å². The van der Waals surface area contributed by atoms with Crippen LogP contribution in [0.2, 0.25) is 0 Å². The van der Waals surface area contributed by atoms with Gasteiger partial charge in [0.05, 0.1) is 11.7 Å². The van der Waals surface area contributed by atoms with E-state index in [1.54, 1.807) is 0 Å². The van der Waals surface area contributed by atoms with Crippen LogP contribution in [0.3, 0.4) is 0 Å². The number of aliphatic hydroxyl groups is 4. The van der Waals surface area contributed by atoms with E-state index in [-0.39, 0.29) is 18.4 Å². The molecule has 0 amide bonds. The second-order valence-electron chi connectivity index (χ2n) is 9.20. The van der Waals surface area contributed by atoms with Crippen LogP contribution in [0.4, 0.5) is 0 Å². The Balaban J connectivity index is 1.91. The Labute approximate surface area is 154 Å². The smallest absolute Gasteiger partial charge is 0.333 e. The zero-order valence-electron chi connectivity index (χ0n) is 15.9. The number of hydrogen-bond donors (Lipinski definition) is 4. The molecule has 6 nitrogen and oxygen atoms in total. The number of hydrogen-bond acceptors (Lipinski definition) is 6. The zero-order chi connectivity index (χ0) is 19.3. The summed E-state index contributed by atoms with van der Waals surface area (Å²) in [5.74, 6) is -0.882. The molecule has 3 rings (SSSR count). The monoisotopic (exact) mass is 368 g/mol. The second kappa shape index (κ2) is 6.59. The summed E-state index contributed by atoms with van der Waals surface area (Å²) in [6, 6.07) is 0. The molecule has 0 spiro atoms. The van der Waals surface area contributed by atoms with Crippen molar-refractivity contribution in [1.82, 2.24) is 0 Å². The topological polar surface area (TPSA) is 107 Å². The Hall–Kier alpha value is -0.950. The summed E-state index contributed by atoms with van der Waals surface area (Å²) in [7, 11) is 0. The molecule has 0 bridgehead atoms.